The largest absolute Gasteiger partial charge is 0.222 e. The van der Waals surface area contributed by atoms with Gasteiger partial charge in [0.05, 0.1) is 0 Å². The summed E-state index contributed by atoms with van der Waals surface area (Å²) in [5.74, 6) is 0.625. The van der Waals surface area contributed by atoms with Gasteiger partial charge in [0.2, 0.25) is 10.0 Å². The minimum Gasteiger partial charge on any atom is -0.212 e. The van der Waals surface area contributed by atoms with E-state index >= 15 is 0 Å². The number of nitrogens with one attached hydrogen (secondary N) is 1. The van der Waals surface area contributed by atoms with E-state index in [1.165, 1.54) is 5.56 Å². The molecule has 1 aromatic rings. The SMILES string of the molecule is CC(C)Cc1ccc(C(C)NS(=O)(=O)CBr)cc1. The van der Waals surface area contributed by atoms with Crippen molar-refractivity contribution >= 4 is 26.0 Å². The minimum atomic E-state index is -3.23. The van der Waals surface area contributed by atoms with Crippen LogP contribution in [0.2, 0.25) is 0 Å². The highest BCUT2D eigenvalue weighted by atomic mass is 79.9. The van der Waals surface area contributed by atoms with Gasteiger partial charge in [-0.05, 0) is 30.4 Å². The number of sulfonamides is 1. The molecule has 0 fully saturated rings. The van der Waals surface area contributed by atoms with E-state index in [2.05, 4.69) is 46.6 Å². The molecule has 0 spiro atoms. The van der Waals surface area contributed by atoms with Gasteiger partial charge in [-0.3, -0.25) is 0 Å². The third kappa shape index (κ3) is 5.08. The van der Waals surface area contributed by atoms with Gasteiger partial charge in [0.25, 0.3) is 0 Å². The van der Waals surface area contributed by atoms with Crippen molar-refractivity contribution in [3.05, 3.63) is 35.4 Å². The first-order chi connectivity index (χ1) is 8.34. The van der Waals surface area contributed by atoms with E-state index < -0.39 is 10.0 Å². The predicted molar refractivity (Wildman–Crippen MR) is 79.2 cm³/mol. The Labute approximate surface area is 118 Å². The summed E-state index contributed by atoms with van der Waals surface area (Å²) in [6.45, 7) is 6.21. The zero-order chi connectivity index (χ0) is 13.8. The summed E-state index contributed by atoms with van der Waals surface area (Å²) in [5.41, 5.74) is 2.26. The van der Waals surface area contributed by atoms with Crippen molar-refractivity contribution in [1.29, 1.82) is 0 Å². The van der Waals surface area contributed by atoms with Crippen LogP contribution in [0.25, 0.3) is 0 Å². The van der Waals surface area contributed by atoms with Crippen molar-refractivity contribution in [2.45, 2.75) is 33.2 Å². The first-order valence-corrected chi connectivity index (χ1v) is 8.76. The van der Waals surface area contributed by atoms with E-state index in [0.29, 0.717) is 5.92 Å². The highest BCUT2D eigenvalue weighted by Crippen LogP contribution is 2.16. The zero-order valence-corrected chi connectivity index (χ0v) is 13.4. The minimum absolute atomic E-state index is 0.0736. The summed E-state index contributed by atoms with van der Waals surface area (Å²) in [4.78, 5) is 0. The lowest BCUT2D eigenvalue weighted by Gasteiger charge is -2.14. The molecule has 1 aromatic carbocycles. The Kier molecular flexibility index (Phi) is 5.82. The number of hydrogen-bond donors (Lipinski definition) is 1. The molecular formula is C13H20BrNO2S. The van der Waals surface area contributed by atoms with Gasteiger partial charge in [0.1, 0.15) is 4.66 Å². The number of alkyl halides is 1. The van der Waals surface area contributed by atoms with Crippen LogP contribution in [0.4, 0.5) is 0 Å². The Balaban J connectivity index is 2.73. The van der Waals surface area contributed by atoms with Crippen LogP contribution in [-0.4, -0.2) is 13.1 Å². The molecule has 0 aromatic heterocycles. The summed E-state index contributed by atoms with van der Waals surface area (Å²) >= 11 is 2.96. The van der Waals surface area contributed by atoms with E-state index in [9.17, 15) is 8.42 Å². The van der Waals surface area contributed by atoms with Gasteiger partial charge in [-0.1, -0.05) is 54.0 Å². The molecule has 1 N–H and O–H groups in total. The van der Waals surface area contributed by atoms with Gasteiger partial charge >= 0.3 is 0 Å². The van der Waals surface area contributed by atoms with Gasteiger partial charge in [0, 0.05) is 6.04 Å². The third-order valence-electron chi connectivity index (χ3n) is 2.62. The quantitative estimate of drug-likeness (QED) is 0.812. The molecule has 102 valence electrons. The Morgan fingerprint density at radius 2 is 1.72 bits per heavy atom. The zero-order valence-electron chi connectivity index (χ0n) is 11.0. The molecule has 0 bridgehead atoms. The number of halogens is 1. The molecule has 0 aliphatic rings. The first-order valence-electron chi connectivity index (χ1n) is 5.99. The van der Waals surface area contributed by atoms with E-state index in [0.717, 1.165) is 12.0 Å². The van der Waals surface area contributed by atoms with Gasteiger partial charge in [-0.2, -0.15) is 0 Å². The van der Waals surface area contributed by atoms with E-state index in [-0.39, 0.29) is 10.7 Å². The average Bonchev–Trinajstić information content (AvgIpc) is 2.28. The summed E-state index contributed by atoms with van der Waals surface area (Å²) in [6.07, 6.45) is 1.04. The predicted octanol–water partition coefficient (Wildman–Crippen LogP) is 3.22. The van der Waals surface area contributed by atoms with Crippen molar-refractivity contribution in [1.82, 2.24) is 4.72 Å². The lowest BCUT2D eigenvalue weighted by molar-refractivity contribution is 0.572. The second-order valence-corrected chi connectivity index (χ2v) is 7.96. The van der Waals surface area contributed by atoms with Crippen molar-refractivity contribution < 1.29 is 8.42 Å². The van der Waals surface area contributed by atoms with Gasteiger partial charge in [0.15, 0.2) is 0 Å². The molecule has 3 nitrogen and oxygen atoms in total. The summed E-state index contributed by atoms with van der Waals surface area (Å²) < 4.78 is 25.4. The second kappa shape index (κ2) is 6.68. The summed E-state index contributed by atoms with van der Waals surface area (Å²) in [5, 5.41) is 0. The highest BCUT2D eigenvalue weighted by molar-refractivity contribution is 9.10. The Morgan fingerprint density at radius 1 is 1.17 bits per heavy atom. The van der Waals surface area contributed by atoms with Crippen LogP contribution < -0.4 is 4.72 Å². The van der Waals surface area contributed by atoms with Crippen LogP contribution in [0.5, 0.6) is 0 Å². The smallest absolute Gasteiger partial charge is 0.212 e. The second-order valence-electron chi connectivity index (χ2n) is 4.90. The molecule has 0 saturated carbocycles. The molecule has 0 radical (unpaired) electrons. The maximum absolute atomic E-state index is 11.4. The summed E-state index contributed by atoms with van der Waals surface area (Å²) in [7, 11) is -3.23. The monoisotopic (exact) mass is 333 g/mol. The van der Waals surface area contributed by atoms with Crippen molar-refractivity contribution in [3.8, 4) is 0 Å². The average molecular weight is 334 g/mol. The Bertz CT molecular complexity index is 468. The molecule has 0 saturated heterocycles. The Hall–Kier alpha value is -0.390. The number of rotatable bonds is 6. The molecule has 1 rings (SSSR count). The fourth-order valence-electron chi connectivity index (χ4n) is 1.78. The summed E-state index contributed by atoms with van der Waals surface area (Å²) in [6, 6.07) is 7.89. The molecule has 0 aliphatic carbocycles. The molecule has 18 heavy (non-hydrogen) atoms. The van der Waals surface area contributed by atoms with Crippen LogP contribution in [0.1, 0.15) is 37.9 Å². The van der Waals surface area contributed by atoms with Crippen LogP contribution in [0.3, 0.4) is 0 Å². The van der Waals surface area contributed by atoms with Crippen LogP contribution in [-0.2, 0) is 16.4 Å². The maximum atomic E-state index is 11.4. The van der Waals surface area contributed by atoms with Crippen LogP contribution in [0.15, 0.2) is 24.3 Å². The standard InChI is InChI=1S/C13H20BrNO2S/c1-10(2)8-12-4-6-13(7-5-12)11(3)15-18(16,17)9-14/h4-7,10-11,15H,8-9H2,1-3H3. The fourth-order valence-corrected chi connectivity index (χ4v) is 2.92. The normalized spacial score (nSPS) is 13.8. The van der Waals surface area contributed by atoms with E-state index in [1.807, 2.05) is 19.1 Å². The molecule has 1 unspecified atom stereocenters. The van der Waals surface area contributed by atoms with E-state index in [1.54, 1.807) is 0 Å². The van der Waals surface area contributed by atoms with Crippen molar-refractivity contribution in [2.24, 2.45) is 5.92 Å². The maximum Gasteiger partial charge on any atom is 0.222 e. The van der Waals surface area contributed by atoms with Gasteiger partial charge in [-0.15, -0.1) is 0 Å². The fraction of sp³-hybridized carbons (Fsp3) is 0.538. The molecule has 0 amide bonds. The van der Waals surface area contributed by atoms with Gasteiger partial charge < -0.3 is 0 Å². The van der Waals surface area contributed by atoms with Crippen LogP contribution >= 0.6 is 15.9 Å². The Morgan fingerprint density at radius 3 is 2.17 bits per heavy atom. The topological polar surface area (TPSA) is 46.2 Å². The number of benzene rings is 1. The van der Waals surface area contributed by atoms with Gasteiger partial charge in [-0.25, -0.2) is 13.1 Å². The molecule has 5 heteroatoms. The molecule has 1 atom stereocenters. The highest BCUT2D eigenvalue weighted by Gasteiger charge is 2.14. The third-order valence-corrected chi connectivity index (χ3v) is 5.43. The van der Waals surface area contributed by atoms with Crippen molar-refractivity contribution in [2.75, 3.05) is 4.66 Å². The first kappa shape index (κ1) is 15.7. The van der Waals surface area contributed by atoms with E-state index in [4.69, 9.17) is 0 Å². The van der Waals surface area contributed by atoms with Crippen LogP contribution in [0, 0.1) is 5.92 Å². The molecular weight excluding hydrogens is 314 g/mol. The molecule has 0 aliphatic heterocycles. The van der Waals surface area contributed by atoms with Crippen molar-refractivity contribution in [3.63, 3.8) is 0 Å². The molecule has 0 heterocycles. The lowest BCUT2D eigenvalue weighted by atomic mass is 10.0. The lowest BCUT2D eigenvalue weighted by Crippen LogP contribution is -2.27. The number of hydrogen-bond acceptors (Lipinski definition) is 2.